The summed E-state index contributed by atoms with van der Waals surface area (Å²) in [6, 6.07) is 13.9. The Morgan fingerprint density at radius 2 is 1.77 bits per heavy atom. The highest BCUT2D eigenvalue weighted by atomic mass is 32.1. The van der Waals surface area contributed by atoms with Crippen molar-refractivity contribution in [1.29, 1.82) is 0 Å². The van der Waals surface area contributed by atoms with Crippen molar-refractivity contribution in [3.05, 3.63) is 53.2 Å². The summed E-state index contributed by atoms with van der Waals surface area (Å²) >= 11 is 1.83. The molecule has 4 aromatic rings. The number of aryl methyl sites for hydroxylation is 1. The first-order valence-corrected chi connectivity index (χ1v) is 13.1. The van der Waals surface area contributed by atoms with E-state index in [2.05, 4.69) is 90.2 Å². The van der Waals surface area contributed by atoms with Crippen LogP contribution in [0.15, 0.2) is 42.7 Å². The van der Waals surface area contributed by atoms with Gasteiger partial charge in [0.2, 0.25) is 5.95 Å². The predicted molar refractivity (Wildman–Crippen MR) is 148 cm³/mol. The fourth-order valence-corrected chi connectivity index (χ4v) is 5.35. The van der Waals surface area contributed by atoms with E-state index in [0.717, 1.165) is 17.0 Å². The zero-order valence-corrected chi connectivity index (χ0v) is 21.6. The Hall–Kier alpha value is -3.37. The molecule has 0 atom stereocenters. The predicted octanol–water partition coefficient (Wildman–Crippen LogP) is 7.05. The molecule has 0 bridgehead atoms. The summed E-state index contributed by atoms with van der Waals surface area (Å²) in [6.45, 7) is 7.14. The molecule has 0 amide bonds. The molecule has 3 heterocycles. The lowest BCUT2D eigenvalue weighted by atomic mass is 9.96. The Balaban J connectivity index is 0.00000141. The molecule has 6 nitrogen and oxygen atoms in total. The third-order valence-electron chi connectivity index (χ3n) is 6.35. The van der Waals surface area contributed by atoms with Crippen molar-refractivity contribution in [3.63, 3.8) is 0 Å². The van der Waals surface area contributed by atoms with E-state index in [9.17, 15) is 0 Å². The smallest absolute Gasteiger partial charge is 0.227 e. The van der Waals surface area contributed by atoms with Crippen molar-refractivity contribution in [3.8, 4) is 23.3 Å². The quantitative estimate of drug-likeness (QED) is 0.274. The molecule has 1 aliphatic carbocycles. The number of thiophene rings is 1. The molecule has 5 rings (SSSR count). The molecule has 1 aliphatic rings. The van der Waals surface area contributed by atoms with Crippen molar-refractivity contribution in [1.82, 2.24) is 19.5 Å². The van der Waals surface area contributed by atoms with Crippen LogP contribution in [0.25, 0.3) is 21.6 Å². The van der Waals surface area contributed by atoms with Crippen molar-refractivity contribution >= 4 is 34.3 Å². The summed E-state index contributed by atoms with van der Waals surface area (Å²) in [6.07, 6.45) is 16.1. The summed E-state index contributed by atoms with van der Waals surface area (Å²) in [5, 5.41) is 7.13. The molecule has 0 saturated heterocycles. The normalized spacial score (nSPS) is 14.0. The second-order valence-electron chi connectivity index (χ2n) is 9.25. The van der Waals surface area contributed by atoms with Crippen LogP contribution in [0.4, 0.5) is 11.8 Å². The second-order valence-corrected chi connectivity index (χ2v) is 10.5. The van der Waals surface area contributed by atoms with Gasteiger partial charge in [0.05, 0.1) is 6.33 Å². The Kier molecular flexibility index (Phi) is 8.04. The van der Waals surface area contributed by atoms with E-state index in [-0.39, 0.29) is 6.04 Å². The van der Waals surface area contributed by atoms with Crippen LogP contribution in [0.3, 0.4) is 0 Å². The Labute approximate surface area is 212 Å². The van der Waals surface area contributed by atoms with Gasteiger partial charge in [-0.25, -0.2) is 4.98 Å². The van der Waals surface area contributed by atoms with E-state index in [1.54, 1.807) is 0 Å². The number of rotatable bonds is 7. The van der Waals surface area contributed by atoms with Gasteiger partial charge in [0.15, 0.2) is 17.0 Å². The summed E-state index contributed by atoms with van der Waals surface area (Å²) in [5.74, 6) is 1.48. The van der Waals surface area contributed by atoms with Crippen LogP contribution in [0.1, 0.15) is 62.4 Å². The maximum absolute atomic E-state index is 4.85. The summed E-state index contributed by atoms with van der Waals surface area (Å²) in [7, 11) is 0. The third-order valence-corrected chi connectivity index (χ3v) is 7.40. The molecule has 0 unspecified atom stereocenters. The van der Waals surface area contributed by atoms with Gasteiger partial charge in [-0.2, -0.15) is 9.97 Å². The van der Waals surface area contributed by atoms with E-state index in [0.29, 0.717) is 18.5 Å². The first kappa shape index (κ1) is 24.7. The number of fused-ring (bicyclic) bond motifs is 1. The number of anilines is 2. The molecule has 1 fully saturated rings. The molecule has 0 aliphatic heterocycles. The average molecular weight is 487 g/mol. The van der Waals surface area contributed by atoms with Crippen LogP contribution < -0.4 is 10.6 Å². The molecule has 2 N–H and O–H groups in total. The van der Waals surface area contributed by atoms with Gasteiger partial charge in [0, 0.05) is 28.4 Å². The van der Waals surface area contributed by atoms with Crippen LogP contribution in [-0.4, -0.2) is 25.6 Å². The van der Waals surface area contributed by atoms with Crippen molar-refractivity contribution < 1.29 is 0 Å². The molecular formula is C28H34N6S. The summed E-state index contributed by atoms with van der Waals surface area (Å²) in [4.78, 5) is 17.0. The fourth-order valence-electron chi connectivity index (χ4n) is 4.47. The zero-order valence-electron chi connectivity index (χ0n) is 20.8. The van der Waals surface area contributed by atoms with Gasteiger partial charge in [-0.15, -0.1) is 24.2 Å². The number of terminal acetylenes is 1. The van der Waals surface area contributed by atoms with Gasteiger partial charge >= 0.3 is 0 Å². The number of hydrogen-bond donors (Lipinski definition) is 2. The Morgan fingerprint density at radius 3 is 2.43 bits per heavy atom. The van der Waals surface area contributed by atoms with Gasteiger partial charge in [-0.3, -0.25) is 0 Å². The molecule has 0 spiro atoms. The highest BCUT2D eigenvalue weighted by Crippen LogP contribution is 2.29. The summed E-state index contributed by atoms with van der Waals surface area (Å²) in [5.41, 5.74) is 4.17. The first-order valence-electron chi connectivity index (χ1n) is 12.3. The van der Waals surface area contributed by atoms with Gasteiger partial charge in [-0.05, 0) is 56.9 Å². The van der Waals surface area contributed by atoms with Crippen LogP contribution >= 0.6 is 11.3 Å². The van der Waals surface area contributed by atoms with Gasteiger partial charge < -0.3 is 15.2 Å². The van der Waals surface area contributed by atoms with E-state index in [4.69, 9.17) is 9.97 Å². The second kappa shape index (κ2) is 11.4. The number of imidazole rings is 1. The standard InChI is InChI=1S/C26H32N6S.C2H2/c1-17(2)32-16-28-23-24(30-26(31-25(23)32)29-21-7-5-4-6-8-21)27-15-19-10-12-20(13-11-19)22-14-9-18(3)33-22;1-2/h9-14,16-17,21H,4-8,15H2,1-3H3,(H2,27,29,30,31);1-2H. The van der Waals surface area contributed by atoms with Gasteiger partial charge in [0.25, 0.3) is 0 Å². The first-order chi connectivity index (χ1) is 17.1. The SMILES string of the molecule is C#C.Cc1ccc(-c2ccc(CNc3nc(NC4CCCCC4)nc4c3ncn4C(C)C)cc2)s1. The van der Waals surface area contributed by atoms with E-state index >= 15 is 0 Å². The topological polar surface area (TPSA) is 67.7 Å². The largest absolute Gasteiger partial charge is 0.364 e. The van der Waals surface area contributed by atoms with Gasteiger partial charge in [0.1, 0.15) is 0 Å². The monoisotopic (exact) mass is 486 g/mol. The van der Waals surface area contributed by atoms with E-state index in [1.165, 1.54) is 53.0 Å². The maximum Gasteiger partial charge on any atom is 0.227 e. The maximum atomic E-state index is 4.85. The van der Waals surface area contributed by atoms with Gasteiger partial charge in [-0.1, -0.05) is 43.5 Å². The fraction of sp³-hybridized carbons (Fsp3) is 0.393. The number of aromatic nitrogens is 4. The van der Waals surface area contributed by atoms with Crippen molar-refractivity contribution in [2.24, 2.45) is 0 Å². The average Bonchev–Trinajstić information content (AvgIpc) is 3.51. The van der Waals surface area contributed by atoms with Crippen LogP contribution in [0.5, 0.6) is 0 Å². The third kappa shape index (κ3) is 5.83. The number of benzene rings is 1. The molecule has 0 radical (unpaired) electrons. The lowest BCUT2D eigenvalue weighted by Gasteiger charge is -2.23. The minimum Gasteiger partial charge on any atom is -0.364 e. The van der Waals surface area contributed by atoms with E-state index < -0.39 is 0 Å². The minimum atomic E-state index is 0.286. The lowest BCUT2D eigenvalue weighted by Crippen LogP contribution is -2.24. The van der Waals surface area contributed by atoms with Crippen LogP contribution in [0.2, 0.25) is 0 Å². The molecular weight excluding hydrogens is 452 g/mol. The van der Waals surface area contributed by atoms with E-state index in [1.807, 2.05) is 17.7 Å². The number of hydrogen-bond acceptors (Lipinski definition) is 6. The van der Waals surface area contributed by atoms with Crippen molar-refractivity contribution in [2.75, 3.05) is 10.6 Å². The number of nitrogens with zero attached hydrogens (tertiary/aromatic N) is 4. The zero-order chi connectivity index (χ0) is 24.8. The van der Waals surface area contributed by atoms with Crippen molar-refractivity contribution in [2.45, 2.75) is 71.5 Å². The molecule has 1 saturated carbocycles. The Morgan fingerprint density at radius 1 is 1.03 bits per heavy atom. The highest BCUT2D eigenvalue weighted by molar-refractivity contribution is 7.15. The lowest BCUT2D eigenvalue weighted by molar-refractivity contribution is 0.461. The number of nitrogens with one attached hydrogen (secondary N) is 2. The molecule has 7 heteroatoms. The minimum absolute atomic E-state index is 0.286. The molecule has 3 aromatic heterocycles. The Bertz CT molecular complexity index is 1260. The molecule has 1 aromatic carbocycles. The molecule has 182 valence electrons. The van der Waals surface area contributed by atoms with Crippen LogP contribution in [0, 0.1) is 19.8 Å². The molecule has 35 heavy (non-hydrogen) atoms. The van der Waals surface area contributed by atoms with Crippen LogP contribution in [-0.2, 0) is 6.54 Å². The highest BCUT2D eigenvalue weighted by Gasteiger charge is 2.18. The summed E-state index contributed by atoms with van der Waals surface area (Å²) < 4.78 is 2.12.